The van der Waals surface area contributed by atoms with Crippen LogP contribution >= 0.6 is 0 Å². The second-order valence-electron chi connectivity index (χ2n) is 4.20. The van der Waals surface area contributed by atoms with E-state index < -0.39 is 54.6 Å². The molecule has 0 heterocycles. The van der Waals surface area contributed by atoms with Crippen LogP contribution in [0.4, 0.5) is 0 Å². The molecule has 0 saturated heterocycles. The molecule has 0 aliphatic rings. The van der Waals surface area contributed by atoms with E-state index in [2.05, 4.69) is 0 Å². The third-order valence-corrected chi connectivity index (χ3v) is 2.59. The fourth-order valence-electron chi connectivity index (χ4n) is 1.73. The number of carboxylic acid groups (broad SMARTS) is 3. The SMILES string of the molecule is O=C(O)CN(CC(=O)O)Cc1c(O)ccc(C(=O)O)c1O. The molecular weight excluding hydrogens is 286 g/mol. The Kier molecular flexibility index (Phi) is 5.08. The van der Waals surface area contributed by atoms with Gasteiger partial charge in [-0.05, 0) is 12.1 Å². The van der Waals surface area contributed by atoms with Gasteiger partial charge in [-0.1, -0.05) is 0 Å². The van der Waals surface area contributed by atoms with Gasteiger partial charge in [-0.2, -0.15) is 0 Å². The Bertz CT molecular complexity index is 567. The van der Waals surface area contributed by atoms with Gasteiger partial charge in [-0.25, -0.2) is 4.79 Å². The molecule has 0 aliphatic heterocycles. The molecular formula is C12H13NO8. The molecule has 0 spiro atoms. The highest BCUT2D eigenvalue weighted by atomic mass is 16.4. The van der Waals surface area contributed by atoms with Crippen molar-refractivity contribution in [2.75, 3.05) is 13.1 Å². The van der Waals surface area contributed by atoms with Crippen molar-refractivity contribution in [3.8, 4) is 11.5 Å². The van der Waals surface area contributed by atoms with E-state index >= 15 is 0 Å². The summed E-state index contributed by atoms with van der Waals surface area (Å²) in [7, 11) is 0. The average Bonchev–Trinajstić information content (AvgIpc) is 2.32. The lowest BCUT2D eigenvalue weighted by Crippen LogP contribution is -2.34. The second-order valence-corrected chi connectivity index (χ2v) is 4.20. The number of phenols is 2. The molecule has 0 atom stereocenters. The zero-order chi connectivity index (χ0) is 16.2. The van der Waals surface area contributed by atoms with Crippen molar-refractivity contribution in [2.24, 2.45) is 0 Å². The number of aromatic carboxylic acids is 1. The maximum atomic E-state index is 10.9. The van der Waals surface area contributed by atoms with E-state index in [9.17, 15) is 24.6 Å². The Morgan fingerprint density at radius 3 is 1.90 bits per heavy atom. The van der Waals surface area contributed by atoms with Gasteiger partial charge in [0.1, 0.15) is 17.1 Å². The highest BCUT2D eigenvalue weighted by Gasteiger charge is 2.21. The predicted octanol–water partition coefficient (Wildman–Crippen LogP) is -0.233. The van der Waals surface area contributed by atoms with Crippen molar-refractivity contribution in [2.45, 2.75) is 6.54 Å². The van der Waals surface area contributed by atoms with Crippen LogP contribution in [0.5, 0.6) is 11.5 Å². The highest BCUT2D eigenvalue weighted by molar-refractivity contribution is 5.91. The van der Waals surface area contributed by atoms with Crippen LogP contribution in [0.2, 0.25) is 0 Å². The fraction of sp³-hybridized carbons (Fsp3) is 0.250. The van der Waals surface area contributed by atoms with Crippen LogP contribution in [0, 0.1) is 0 Å². The van der Waals surface area contributed by atoms with E-state index in [1.54, 1.807) is 0 Å². The quantitative estimate of drug-likeness (QED) is 0.458. The number of carboxylic acids is 3. The fourth-order valence-corrected chi connectivity index (χ4v) is 1.73. The summed E-state index contributed by atoms with van der Waals surface area (Å²) in [6.45, 7) is -1.73. The lowest BCUT2D eigenvalue weighted by atomic mass is 10.1. The molecule has 0 bridgehead atoms. The summed E-state index contributed by atoms with van der Waals surface area (Å²) in [6, 6.07) is 2.01. The summed E-state index contributed by atoms with van der Waals surface area (Å²) in [4.78, 5) is 33.2. The summed E-state index contributed by atoms with van der Waals surface area (Å²) < 4.78 is 0. The molecule has 9 heteroatoms. The number of carbonyl (C=O) groups is 3. The van der Waals surface area contributed by atoms with Crippen LogP contribution in [0.3, 0.4) is 0 Å². The van der Waals surface area contributed by atoms with E-state index in [0.717, 1.165) is 17.0 Å². The summed E-state index contributed by atoms with van der Waals surface area (Å²) in [5, 5.41) is 45.7. The first kappa shape index (κ1) is 16.2. The first-order chi connectivity index (χ1) is 9.72. The minimum absolute atomic E-state index is 0.252. The monoisotopic (exact) mass is 299 g/mol. The Hall–Kier alpha value is -2.81. The standard InChI is InChI=1S/C12H13NO8/c14-8-2-1-6(12(20)21)11(19)7(8)3-13(4-9(15)16)5-10(17)18/h1-2,14,19H,3-5H2,(H,15,16)(H,17,18)(H,20,21). The van der Waals surface area contributed by atoms with E-state index in [0.29, 0.717) is 0 Å². The number of benzene rings is 1. The molecule has 1 rings (SSSR count). The number of aliphatic carboxylic acids is 2. The number of nitrogens with zero attached hydrogens (tertiary/aromatic N) is 1. The zero-order valence-corrected chi connectivity index (χ0v) is 10.7. The molecule has 1 aromatic carbocycles. The molecule has 9 nitrogen and oxygen atoms in total. The number of phenolic OH excluding ortho intramolecular Hbond substituents is 1. The predicted molar refractivity (Wildman–Crippen MR) is 67.3 cm³/mol. The lowest BCUT2D eigenvalue weighted by molar-refractivity contribution is -0.142. The van der Waals surface area contributed by atoms with Gasteiger partial charge >= 0.3 is 17.9 Å². The minimum atomic E-state index is -1.43. The van der Waals surface area contributed by atoms with Crippen molar-refractivity contribution >= 4 is 17.9 Å². The molecule has 21 heavy (non-hydrogen) atoms. The Balaban J connectivity index is 3.12. The Morgan fingerprint density at radius 1 is 0.952 bits per heavy atom. The first-order valence-electron chi connectivity index (χ1n) is 5.65. The normalized spacial score (nSPS) is 10.5. The lowest BCUT2D eigenvalue weighted by Gasteiger charge is -2.19. The molecule has 114 valence electrons. The van der Waals surface area contributed by atoms with Gasteiger partial charge < -0.3 is 25.5 Å². The van der Waals surface area contributed by atoms with Crippen LogP contribution in [0.25, 0.3) is 0 Å². The number of hydrogen-bond donors (Lipinski definition) is 5. The smallest absolute Gasteiger partial charge is 0.339 e. The molecule has 0 saturated carbocycles. The summed E-state index contributed by atoms with van der Waals surface area (Å²) >= 11 is 0. The molecule has 0 radical (unpaired) electrons. The van der Waals surface area contributed by atoms with Gasteiger partial charge in [0.15, 0.2) is 0 Å². The van der Waals surface area contributed by atoms with Crippen molar-refractivity contribution in [3.63, 3.8) is 0 Å². The van der Waals surface area contributed by atoms with Gasteiger partial charge in [0, 0.05) is 6.54 Å². The Labute approximate surface area is 118 Å². The van der Waals surface area contributed by atoms with E-state index in [1.807, 2.05) is 0 Å². The zero-order valence-electron chi connectivity index (χ0n) is 10.7. The third kappa shape index (κ3) is 4.35. The van der Waals surface area contributed by atoms with Crippen LogP contribution in [0.1, 0.15) is 15.9 Å². The molecule has 0 amide bonds. The minimum Gasteiger partial charge on any atom is -0.507 e. The molecule has 5 N–H and O–H groups in total. The average molecular weight is 299 g/mol. The maximum Gasteiger partial charge on any atom is 0.339 e. The number of rotatable bonds is 7. The van der Waals surface area contributed by atoms with Crippen molar-refractivity contribution in [3.05, 3.63) is 23.3 Å². The van der Waals surface area contributed by atoms with Gasteiger partial charge in [0.25, 0.3) is 0 Å². The van der Waals surface area contributed by atoms with E-state index in [1.165, 1.54) is 0 Å². The molecule has 0 aromatic heterocycles. The van der Waals surface area contributed by atoms with Crippen molar-refractivity contribution in [1.82, 2.24) is 4.90 Å². The summed E-state index contributed by atoms with van der Waals surface area (Å²) in [5.74, 6) is -5.23. The second kappa shape index (κ2) is 6.57. The van der Waals surface area contributed by atoms with Crippen LogP contribution in [-0.4, -0.2) is 61.4 Å². The Morgan fingerprint density at radius 2 is 1.48 bits per heavy atom. The van der Waals surface area contributed by atoms with Crippen LogP contribution < -0.4 is 0 Å². The molecule has 0 fully saturated rings. The van der Waals surface area contributed by atoms with Gasteiger partial charge in [0.2, 0.25) is 0 Å². The van der Waals surface area contributed by atoms with Gasteiger partial charge in [0.05, 0.1) is 18.7 Å². The number of hydrogen-bond acceptors (Lipinski definition) is 6. The topological polar surface area (TPSA) is 156 Å². The van der Waals surface area contributed by atoms with Crippen molar-refractivity contribution < 1.29 is 39.9 Å². The molecule has 0 aliphatic carbocycles. The highest BCUT2D eigenvalue weighted by Crippen LogP contribution is 2.31. The maximum absolute atomic E-state index is 10.9. The molecule has 0 unspecified atom stereocenters. The summed E-state index contributed by atoms with van der Waals surface area (Å²) in [6.07, 6.45) is 0. The summed E-state index contributed by atoms with van der Waals surface area (Å²) in [5.41, 5.74) is -0.731. The van der Waals surface area contributed by atoms with Crippen molar-refractivity contribution in [1.29, 1.82) is 0 Å². The number of aromatic hydroxyl groups is 2. The van der Waals surface area contributed by atoms with E-state index in [-0.39, 0.29) is 5.56 Å². The van der Waals surface area contributed by atoms with Gasteiger partial charge in [-0.3, -0.25) is 14.5 Å². The van der Waals surface area contributed by atoms with Gasteiger partial charge in [-0.15, -0.1) is 0 Å². The third-order valence-electron chi connectivity index (χ3n) is 2.59. The first-order valence-corrected chi connectivity index (χ1v) is 5.65. The molecule has 1 aromatic rings. The van der Waals surface area contributed by atoms with Crippen LogP contribution in [0.15, 0.2) is 12.1 Å². The largest absolute Gasteiger partial charge is 0.507 e. The van der Waals surface area contributed by atoms with Crippen LogP contribution in [-0.2, 0) is 16.1 Å². The van der Waals surface area contributed by atoms with E-state index in [4.69, 9.17) is 15.3 Å².